The number of anilines is 3. The number of likely N-dealkylation sites (tertiary alicyclic amines) is 1. The van der Waals surface area contributed by atoms with Crippen LogP contribution in [0.5, 0.6) is 5.75 Å². The molecule has 194 valence electrons. The molecule has 2 aliphatic rings. The molecule has 12 heteroatoms. The first-order chi connectivity index (χ1) is 17.9. The summed E-state index contributed by atoms with van der Waals surface area (Å²) in [5.74, 6) is -1.56. The number of hydrogen-bond donors (Lipinski definition) is 2. The van der Waals surface area contributed by atoms with Crippen LogP contribution in [-0.4, -0.2) is 72.9 Å². The number of halogens is 3. The van der Waals surface area contributed by atoms with E-state index in [0.717, 1.165) is 19.2 Å². The van der Waals surface area contributed by atoms with E-state index in [1.165, 1.54) is 25.6 Å². The Morgan fingerprint density at radius 1 is 1.19 bits per heavy atom. The number of nitrogens with one attached hydrogen (secondary N) is 2. The molecule has 9 nitrogen and oxygen atoms in total. The lowest BCUT2D eigenvalue weighted by Gasteiger charge is -2.24. The Balaban J connectivity index is 1.32. The lowest BCUT2D eigenvalue weighted by Crippen LogP contribution is -2.36. The lowest BCUT2D eigenvalue weighted by molar-refractivity contribution is -0.116. The smallest absolute Gasteiger partial charge is 0.248 e. The minimum atomic E-state index is -0.948. The van der Waals surface area contributed by atoms with Crippen molar-refractivity contribution in [2.24, 2.45) is 0 Å². The van der Waals surface area contributed by atoms with Gasteiger partial charge in [0.05, 0.1) is 49.4 Å². The minimum absolute atomic E-state index is 0.0618. The SMILES string of the molecule is COc1cc2ncnc(Nc3ccc(F)c(Cl)c3F)c2cc1NC(=O)C=CCN1C[C@@H]2OCCO[C@@H]2C1. The van der Waals surface area contributed by atoms with E-state index in [0.29, 0.717) is 42.1 Å². The highest BCUT2D eigenvalue weighted by Crippen LogP contribution is 2.34. The molecule has 2 aliphatic heterocycles. The van der Waals surface area contributed by atoms with Crippen LogP contribution >= 0.6 is 11.6 Å². The second-order valence-electron chi connectivity index (χ2n) is 8.57. The predicted molar refractivity (Wildman–Crippen MR) is 134 cm³/mol. The number of nitrogens with zero attached hydrogens (tertiary/aromatic N) is 3. The average molecular weight is 532 g/mol. The van der Waals surface area contributed by atoms with Crippen molar-refractivity contribution in [2.75, 3.05) is 50.6 Å². The second kappa shape index (κ2) is 10.9. The molecule has 0 radical (unpaired) electrons. The van der Waals surface area contributed by atoms with Crippen LogP contribution in [0, 0.1) is 11.6 Å². The largest absolute Gasteiger partial charge is 0.494 e. The standard InChI is InChI=1S/C25H24ClF2N5O4/c1-35-19-10-17-14(25(30-13-29-17)32-16-5-4-15(27)23(26)24(16)28)9-18(19)31-22(34)3-2-6-33-11-20-21(12-33)37-8-7-36-20/h2-5,9-10,13,20-21H,6-8,11-12H2,1H3,(H,31,34)(H,29,30,32)/t20-,21+. The molecule has 5 rings (SSSR count). The van der Waals surface area contributed by atoms with Crippen LogP contribution in [-0.2, 0) is 14.3 Å². The summed E-state index contributed by atoms with van der Waals surface area (Å²) < 4.78 is 44.9. The first-order valence-corrected chi connectivity index (χ1v) is 12.0. The fourth-order valence-corrected chi connectivity index (χ4v) is 4.53. The summed E-state index contributed by atoms with van der Waals surface area (Å²) in [5, 5.41) is 5.47. The van der Waals surface area contributed by atoms with Gasteiger partial charge in [-0.15, -0.1) is 0 Å². The summed E-state index contributed by atoms with van der Waals surface area (Å²) in [6.45, 7) is 3.30. The first kappa shape index (κ1) is 25.3. The summed E-state index contributed by atoms with van der Waals surface area (Å²) >= 11 is 5.70. The molecule has 2 atom stereocenters. The number of fused-ring (bicyclic) bond motifs is 2. The molecule has 0 spiro atoms. The minimum Gasteiger partial charge on any atom is -0.494 e. The van der Waals surface area contributed by atoms with Gasteiger partial charge in [0.15, 0.2) is 5.82 Å². The molecular formula is C25H24ClF2N5O4. The van der Waals surface area contributed by atoms with E-state index < -0.39 is 16.7 Å². The van der Waals surface area contributed by atoms with Gasteiger partial charge in [-0.05, 0) is 18.2 Å². The number of benzene rings is 2. The molecular weight excluding hydrogens is 508 g/mol. The van der Waals surface area contributed by atoms with Gasteiger partial charge in [0.1, 0.15) is 28.7 Å². The number of methoxy groups -OCH3 is 1. The van der Waals surface area contributed by atoms with Crippen LogP contribution in [0.1, 0.15) is 0 Å². The number of carbonyl (C=O) groups is 1. The van der Waals surface area contributed by atoms with Crippen molar-refractivity contribution in [3.63, 3.8) is 0 Å². The van der Waals surface area contributed by atoms with Crippen LogP contribution < -0.4 is 15.4 Å². The molecule has 1 aromatic heterocycles. The van der Waals surface area contributed by atoms with Gasteiger partial charge in [0, 0.05) is 37.2 Å². The van der Waals surface area contributed by atoms with Crippen molar-refractivity contribution in [3.8, 4) is 5.75 Å². The summed E-state index contributed by atoms with van der Waals surface area (Å²) in [7, 11) is 1.47. The third-order valence-electron chi connectivity index (χ3n) is 6.17. The quantitative estimate of drug-likeness (QED) is 0.350. The van der Waals surface area contributed by atoms with Crippen molar-refractivity contribution in [2.45, 2.75) is 12.2 Å². The number of rotatable bonds is 7. The zero-order valence-electron chi connectivity index (χ0n) is 19.8. The van der Waals surface area contributed by atoms with E-state index in [2.05, 4.69) is 25.5 Å². The molecule has 2 fully saturated rings. The maximum Gasteiger partial charge on any atom is 0.248 e. The van der Waals surface area contributed by atoms with Crippen LogP contribution in [0.3, 0.4) is 0 Å². The van der Waals surface area contributed by atoms with Gasteiger partial charge in [-0.1, -0.05) is 17.7 Å². The monoisotopic (exact) mass is 531 g/mol. The topological polar surface area (TPSA) is 97.8 Å². The second-order valence-corrected chi connectivity index (χ2v) is 8.95. The molecule has 3 heterocycles. The van der Waals surface area contributed by atoms with Crippen molar-refractivity contribution in [1.82, 2.24) is 14.9 Å². The fraction of sp³-hybridized carbons (Fsp3) is 0.320. The van der Waals surface area contributed by atoms with Crippen molar-refractivity contribution in [3.05, 3.63) is 59.4 Å². The van der Waals surface area contributed by atoms with E-state index in [1.54, 1.807) is 18.2 Å². The maximum atomic E-state index is 14.5. The average Bonchev–Trinajstić information content (AvgIpc) is 3.31. The first-order valence-electron chi connectivity index (χ1n) is 11.6. The van der Waals surface area contributed by atoms with Crippen LogP contribution in [0.4, 0.5) is 26.0 Å². The van der Waals surface area contributed by atoms with E-state index >= 15 is 0 Å². The van der Waals surface area contributed by atoms with E-state index in [4.69, 9.17) is 25.8 Å². The molecule has 3 aromatic rings. The molecule has 2 saturated heterocycles. The van der Waals surface area contributed by atoms with Crippen molar-refractivity contribution >= 4 is 45.6 Å². The third-order valence-corrected chi connectivity index (χ3v) is 6.52. The molecule has 37 heavy (non-hydrogen) atoms. The fourth-order valence-electron chi connectivity index (χ4n) is 4.37. The number of aromatic nitrogens is 2. The highest BCUT2D eigenvalue weighted by atomic mass is 35.5. The molecule has 0 unspecified atom stereocenters. The van der Waals surface area contributed by atoms with Gasteiger partial charge in [-0.2, -0.15) is 0 Å². The number of ether oxygens (including phenoxy) is 3. The van der Waals surface area contributed by atoms with Crippen LogP contribution in [0.25, 0.3) is 10.9 Å². The van der Waals surface area contributed by atoms with E-state index in [1.807, 2.05) is 0 Å². The van der Waals surface area contributed by atoms with Crippen molar-refractivity contribution < 1.29 is 27.8 Å². The van der Waals surface area contributed by atoms with Gasteiger partial charge < -0.3 is 24.8 Å². The van der Waals surface area contributed by atoms with Gasteiger partial charge in [-0.25, -0.2) is 18.7 Å². The maximum absolute atomic E-state index is 14.5. The third kappa shape index (κ3) is 5.49. The normalized spacial score (nSPS) is 19.8. The Kier molecular flexibility index (Phi) is 7.47. The Labute approximate surface area is 216 Å². The van der Waals surface area contributed by atoms with E-state index in [-0.39, 0.29) is 29.6 Å². The van der Waals surface area contributed by atoms with Gasteiger partial charge in [0.25, 0.3) is 0 Å². The molecule has 2 aromatic carbocycles. The number of carbonyl (C=O) groups excluding carboxylic acids is 1. The number of hydrogen-bond acceptors (Lipinski definition) is 8. The zero-order valence-corrected chi connectivity index (χ0v) is 20.6. The van der Waals surface area contributed by atoms with Crippen LogP contribution in [0.2, 0.25) is 5.02 Å². The molecule has 0 saturated carbocycles. The molecule has 0 aliphatic carbocycles. The summed E-state index contributed by atoms with van der Waals surface area (Å²) in [6, 6.07) is 5.51. The predicted octanol–water partition coefficient (Wildman–Crippen LogP) is 3.91. The Bertz CT molecular complexity index is 1340. The Morgan fingerprint density at radius 3 is 2.68 bits per heavy atom. The molecule has 2 N–H and O–H groups in total. The van der Waals surface area contributed by atoms with Gasteiger partial charge >= 0.3 is 0 Å². The van der Waals surface area contributed by atoms with E-state index in [9.17, 15) is 13.6 Å². The summed E-state index contributed by atoms with van der Waals surface area (Å²) in [4.78, 5) is 23.2. The lowest BCUT2D eigenvalue weighted by atomic mass is 10.1. The molecule has 0 bridgehead atoms. The zero-order chi connectivity index (χ0) is 25.9. The number of amides is 1. The molecule has 1 amide bonds. The Morgan fingerprint density at radius 2 is 1.95 bits per heavy atom. The highest BCUT2D eigenvalue weighted by molar-refractivity contribution is 6.31. The van der Waals surface area contributed by atoms with Gasteiger partial charge in [0.2, 0.25) is 5.91 Å². The summed E-state index contributed by atoms with van der Waals surface area (Å²) in [6.07, 6.45) is 4.66. The summed E-state index contributed by atoms with van der Waals surface area (Å²) in [5.41, 5.74) is 0.791. The van der Waals surface area contributed by atoms with Gasteiger partial charge in [-0.3, -0.25) is 9.69 Å². The van der Waals surface area contributed by atoms with Crippen LogP contribution in [0.15, 0.2) is 42.7 Å². The van der Waals surface area contributed by atoms with Crippen molar-refractivity contribution in [1.29, 1.82) is 0 Å². The Hall–Kier alpha value is -3.38. The highest BCUT2D eigenvalue weighted by Gasteiger charge is 2.35.